The van der Waals surface area contributed by atoms with E-state index in [-0.39, 0.29) is 17.7 Å². The zero-order valence-electron chi connectivity index (χ0n) is 11.2. The topological polar surface area (TPSA) is 37.4 Å². The molecule has 100 valence electrons. The van der Waals surface area contributed by atoms with Crippen LogP contribution in [0.5, 0.6) is 0 Å². The van der Waals surface area contributed by atoms with Gasteiger partial charge in [0.2, 0.25) is 5.91 Å². The van der Waals surface area contributed by atoms with Gasteiger partial charge in [0.25, 0.3) is 0 Å². The maximum Gasteiger partial charge on any atom is 0.225 e. The number of nitrogens with zero attached hydrogens (tertiary/aromatic N) is 1. The Morgan fingerprint density at radius 2 is 1.83 bits per heavy atom. The molecule has 3 atom stereocenters. The van der Waals surface area contributed by atoms with E-state index in [0.717, 1.165) is 50.5 Å². The van der Waals surface area contributed by atoms with Gasteiger partial charge in [0.1, 0.15) is 5.78 Å². The van der Waals surface area contributed by atoms with Crippen molar-refractivity contribution in [2.75, 3.05) is 6.54 Å². The third-order valence-corrected chi connectivity index (χ3v) is 5.03. The predicted octanol–water partition coefficient (Wildman–Crippen LogP) is 2.39. The summed E-state index contributed by atoms with van der Waals surface area (Å²) in [5.74, 6) is 2.56. The molecule has 3 fully saturated rings. The van der Waals surface area contributed by atoms with E-state index in [1.54, 1.807) is 6.92 Å². The summed E-state index contributed by atoms with van der Waals surface area (Å²) >= 11 is 0. The van der Waals surface area contributed by atoms with Crippen molar-refractivity contribution in [1.82, 2.24) is 4.90 Å². The minimum absolute atomic E-state index is 0.195. The van der Waals surface area contributed by atoms with E-state index < -0.39 is 0 Å². The first-order valence-electron chi connectivity index (χ1n) is 7.45. The Morgan fingerprint density at radius 1 is 1.11 bits per heavy atom. The minimum atomic E-state index is 0.195. The number of carbonyl (C=O) groups is 2. The highest BCUT2D eigenvalue weighted by Gasteiger charge is 2.49. The highest BCUT2D eigenvalue weighted by atomic mass is 16.2. The van der Waals surface area contributed by atoms with Crippen LogP contribution < -0.4 is 0 Å². The van der Waals surface area contributed by atoms with Crippen molar-refractivity contribution >= 4 is 11.7 Å². The maximum absolute atomic E-state index is 12.6. The van der Waals surface area contributed by atoms with Crippen LogP contribution in [0.15, 0.2) is 0 Å². The number of Topliss-reactive ketones (excluding diaryl/α,β-unsaturated/α-hetero) is 1. The molecule has 1 heterocycles. The first-order chi connectivity index (χ1) is 8.65. The van der Waals surface area contributed by atoms with Crippen molar-refractivity contribution < 1.29 is 9.59 Å². The molecule has 3 unspecified atom stereocenters. The molecule has 1 aliphatic heterocycles. The summed E-state index contributed by atoms with van der Waals surface area (Å²) in [6.45, 7) is 2.52. The fourth-order valence-electron chi connectivity index (χ4n) is 3.99. The maximum atomic E-state index is 12.6. The Hall–Kier alpha value is -0.860. The van der Waals surface area contributed by atoms with Gasteiger partial charge in [-0.3, -0.25) is 9.59 Å². The van der Waals surface area contributed by atoms with E-state index in [1.165, 1.54) is 6.42 Å². The molecular formula is C15H23NO2. The molecule has 0 aromatic carbocycles. The standard InChI is InChI=1S/C15H23NO2/c1-10(17)6-14-4-2-3-5-16(14)15(18)13-8-11-7-12(11)9-13/h11-14H,2-9H2,1H3. The lowest BCUT2D eigenvalue weighted by Crippen LogP contribution is -2.47. The molecule has 0 bridgehead atoms. The summed E-state index contributed by atoms with van der Waals surface area (Å²) in [6, 6.07) is 0.195. The van der Waals surface area contributed by atoms with Crippen LogP contribution in [0, 0.1) is 17.8 Å². The smallest absolute Gasteiger partial charge is 0.225 e. The monoisotopic (exact) mass is 249 g/mol. The summed E-state index contributed by atoms with van der Waals surface area (Å²) in [6.07, 6.45) is 7.45. The largest absolute Gasteiger partial charge is 0.339 e. The average Bonchev–Trinajstić information content (AvgIpc) is 2.95. The molecule has 3 nitrogen and oxygen atoms in total. The van der Waals surface area contributed by atoms with Gasteiger partial charge in [0.05, 0.1) is 0 Å². The van der Waals surface area contributed by atoms with Crippen molar-refractivity contribution in [2.24, 2.45) is 17.8 Å². The minimum Gasteiger partial charge on any atom is -0.339 e. The second-order valence-electron chi connectivity index (χ2n) is 6.51. The molecule has 0 aromatic heterocycles. The first-order valence-corrected chi connectivity index (χ1v) is 7.45. The molecule has 3 heteroatoms. The number of rotatable bonds is 3. The molecule has 0 N–H and O–H groups in total. The van der Waals surface area contributed by atoms with Crippen molar-refractivity contribution in [3.63, 3.8) is 0 Å². The molecule has 2 saturated carbocycles. The zero-order chi connectivity index (χ0) is 12.7. The van der Waals surface area contributed by atoms with E-state index in [1.807, 2.05) is 4.90 Å². The van der Waals surface area contributed by atoms with Crippen LogP contribution in [0.2, 0.25) is 0 Å². The molecule has 3 rings (SSSR count). The molecule has 3 aliphatic rings. The van der Waals surface area contributed by atoms with Gasteiger partial charge in [0, 0.05) is 24.9 Å². The van der Waals surface area contributed by atoms with Crippen LogP contribution >= 0.6 is 0 Å². The van der Waals surface area contributed by atoms with E-state index in [0.29, 0.717) is 12.3 Å². The Morgan fingerprint density at radius 3 is 2.50 bits per heavy atom. The van der Waals surface area contributed by atoms with Crippen LogP contribution in [-0.4, -0.2) is 29.2 Å². The molecule has 1 amide bonds. The Balaban J connectivity index is 1.63. The van der Waals surface area contributed by atoms with Gasteiger partial charge in [-0.2, -0.15) is 0 Å². The van der Waals surface area contributed by atoms with Crippen LogP contribution in [0.25, 0.3) is 0 Å². The van der Waals surface area contributed by atoms with Gasteiger partial charge < -0.3 is 4.90 Å². The third kappa shape index (κ3) is 2.32. The molecule has 0 spiro atoms. The third-order valence-electron chi connectivity index (χ3n) is 5.03. The van der Waals surface area contributed by atoms with Crippen LogP contribution in [0.3, 0.4) is 0 Å². The van der Waals surface area contributed by atoms with Crippen molar-refractivity contribution in [1.29, 1.82) is 0 Å². The lowest BCUT2D eigenvalue weighted by molar-refractivity contribution is -0.140. The van der Waals surface area contributed by atoms with Crippen LogP contribution in [0.4, 0.5) is 0 Å². The van der Waals surface area contributed by atoms with Crippen molar-refractivity contribution in [3.8, 4) is 0 Å². The van der Waals surface area contributed by atoms with E-state index >= 15 is 0 Å². The summed E-state index contributed by atoms with van der Waals surface area (Å²) in [5, 5.41) is 0. The SMILES string of the molecule is CC(=O)CC1CCCCN1C(=O)C1CC2CC2C1. The lowest BCUT2D eigenvalue weighted by atomic mass is 9.94. The summed E-state index contributed by atoms with van der Waals surface area (Å²) in [5.41, 5.74) is 0. The van der Waals surface area contributed by atoms with Crippen molar-refractivity contribution in [2.45, 2.75) is 57.9 Å². The quantitative estimate of drug-likeness (QED) is 0.770. The van der Waals surface area contributed by atoms with E-state index in [9.17, 15) is 9.59 Å². The number of likely N-dealkylation sites (tertiary alicyclic amines) is 1. The molecule has 1 saturated heterocycles. The number of piperidine rings is 1. The van der Waals surface area contributed by atoms with Gasteiger partial charge in [-0.15, -0.1) is 0 Å². The number of fused-ring (bicyclic) bond motifs is 1. The fraction of sp³-hybridized carbons (Fsp3) is 0.867. The number of ketones is 1. The average molecular weight is 249 g/mol. The highest BCUT2D eigenvalue weighted by Crippen LogP contribution is 2.54. The molecule has 0 aromatic rings. The zero-order valence-corrected chi connectivity index (χ0v) is 11.2. The summed E-state index contributed by atoms with van der Waals surface area (Å²) in [7, 11) is 0. The summed E-state index contributed by atoms with van der Waals surface area (Å²) < 4.78 is 0. The Labute approximate surface area is 109 Å². The predicted molar refractivity (Wildman–Crippen MR) is 69.0 cm³/mol. The van der Waals surface area contributed by atoms with Gasteiger partial charge in [-0.25, -0.2) is 0 Å². The second kappa shape index (κ2) is 4.67. The van der Waals surface area contributed by atoms with E-state index in [2.05, 4.69) is 0 Å². The number of amides is 1. The number of hydrogen-bond donors (Lipinski definition) is 0. The second-order valence-corrected chi connectivity index (χ2v) is 6.51. The van der Waals surface area contributed by atoms with E-state index in [4.69, 9.17) is 0 Å². The number of carbonyl (C=O) groups excluding carboxylic acids is 2. The lowest BCUT2D eigenvalue weighted by Gasteiger charge is -2.37. The summed E-state index contributed by atoms with van der Waals surface area (Å²) in [4.78, 5) is 25.9. The van der Waals surface area contributed by atoms with Gasteiger partial charge in [0.15, 0.2) is 0 Å². The molecular weight excluding hydrogens is 226 g/mol. The van der Waals surface area contributed by atoms with Gasteiger partial charge >= 0.3 is 0 Å². The van der Waals surface area contributed by atoms with Gasteiger partial charge in [-0.1, -0.05) is 0 Å². The fourth-order valence-corrected chi connectivity index (χ4v) is 3.99. The van der Waals surface area contributed by atoms with Crippen LogP contribution in [0.1, 0.15) is 51.9 Å². The first kappa shape index (κ1) is 12.2. The Kier molecular flexibility index (Phi) is 3.16. The van der Waals surface area contributed by atoms with Crippen LogP contribution in [-0.2, 0) is 9.59 Å². The number of hydrogen-bond acceptors (Lipinski definition) is 2. The molecule has 2 aliphatic carbocycles. The normalized spacial score (nSPS) is 38.4. The van der Waals surface area contributed by atoms with Crippen molar-refractivity contribution in [3.05, 3.63) is 0 Å². The molecule has 0 radical (unpaired) electrons. The Bertz CT molecular complexity index is 356. The van der Waals surface area contributed by atoms with Gasteiger partial charge in [-0.05, 0) is 57.3 Å². The highest BCUT2D eigenvalue weighted by molar-refractivity contribution is 5.81. The molecule has 18 heavy (non-hydrogen) atoms.